The zero-order valence-corrected chi connectivity index (χ0v) is 11.5. The molecule has 0 radical (unpaired) electrons. The van der Waals surface area contributed by atoms with Gasteiger partial charge in [-0.25, -0.2) is 4.98 Å². The number of halogens is 3. The van der Waals surface area contributed by atoms with Crippen molar-refractivity contribution in [2.24, 2.45) is 0 Å². The number of carboxylic acid groups (broad SMARTS) is 1. The molecular formula is C15H12F3NO3. The lowest BCUT2D eigenvalue weighted by Gasteiger charge is -2.15. The number of hydrogen-bond donors (Lipinski definition) is 1. The first-order chi connectivity index (χ1) is 10.3. The number of pyridine rings is 1. The Kier molecular flexibility index (Phi) is 4.35. The van der Waals surface area contributed by atoms with Gasteiger partial charge >= 0.3 is 12.1 Å². The van der Waals surface area contributed by atoms with Gasteiger partial charge in [0.2, 0.25) is 0 Å². The second kappa shape index (κ2) is 6.05. The first-order valence-corrected chi connectivity index (χ1v) is 6.25. The average molecular weight is 311 g/mol. The van der Waals surface area contributed by atoms with Crippen LogP contribution in [0.3, 0.4) is 0 Å². The number of benzene rings is 1. The summed E-state index contributed by atoms with van der Waals surface area (Å²) in [5.74, 6) is -0.974. The fraction of sp³-hybridized carbons (Fsp3) is 0.200. The van der Waals surface area contributed by atoms with E-state index in [1.165, 1.54) is 37.4 Å². The van der Waals surface area contributed by atoms with E-state index in [9.17, 15) is 18.0 Å². The Hall–Kier alpha value is -2.57. The lowest BCUT2D eigenvalue weighted by atomic mass is 10.0. The summed E-state index contributed by atoms with van der Waals surface area (Å²) in [6, 6.07) is 7.77. The maximum Gasteiger partial charge on any atom is 0.417 e. The van der Waals surface area contributed by atoms with E-state index in [0.717, 1.165) is 6.07 Å². The number of rotatable bonds is 4. The highest BCUT2D eigenvalue weighted by atomic mass is 19.4. The molecule has 0 aliphatic rings. The molecule has 0 saturated carbocycles. The second-order valence-corrected chi connectivity index (χ2v) is 4.47. The third kappa shape index (κ3) is 3.36. The highest BCUT2D eigenvalue weighted by molar-refractivity contribution is 5.73. The smallest absolute Gasteiger partial charge is 0.417 e. The van der Waals surface area contributed by atoms with Gasteiger partial charge in [0.25, 0.3) is 0 Å². The van der Waals surface area contributed by atoms with Gasteiger partial charge in [-0.2, -0.15) is 13.2 Å². The Morgan fingerprint density at radius 3 is 2.50 bits per heavy atom. The molecule has 0 bridgehead atoms. The van der Waals surface area contributed by atoms with Crippen LogP contribution in [0.2, 0.25) is 0 Å². The van der Waals surface area contributed by atoms with E-state index in [-0.39, 0.29) is 29.1 Å². The largest absolute Gasteiger partial charge is 0.494 e. The normalized spacial score (nSPS) is 11.3. The van der Waals surface area contributed by atoms with Gasteiger partial charge in [0.15, 0.2) is 0 Å². The SMILES string of the molecule is COc1ccc(CC(=O)O)nc1-c1ccccc1C(F)(F)F. The summed E-state index contributed by atoms with van der Waals surface area (Å²) in [5, 5.41) is 8.79. The van der Waals surface area contributed by atoms with Gasteiger partial charge in [0, 0.05) is 5.56 Å². The van der Waals surface area contributed by atoms with E-state index in [1.807, 2.05) is 0 Å². The summed E-state index contributed by atoms with van der Waals surface area (Å²) in [7, 11) is 1.31. The summed E-state index contributed by atoms with van der Waals surface area (Å²) < 4.78 is 44.4. The van der Waals surface area contributed by atoms with Crippen LogP contribution in [0.25, 0.3) is 11.3 Å². The molecule has 2 rings (SSSR count). The number of methoxy groups -OCH3 is 1. The minimum absolute atomic E-state index is 0.0332. The number of aromatic nitrogens is 1. The number of hydrogen-bond acceptors (Lipinski definition) is 3. The monoisotopic (exact) mass is 311 g/mol. The van der Waals surface area contributed by atoms with Crippen molar-refractivity contribution in [3.05, 3.63) is 47.7 Å². The predicted octanol–water partition coefficient (Wildman–Crippen LogP) is 3.40. The van der Waals surface area contributed by atoms with Crippen LogP contribution in [-0.4, -0.2) is 23.2 Å². The van der Waals surface area contributed by atoms with Gasteiger partial charge in [-0.05, 0) is 18.2 Å². The third-order valence-electron chi connectivity index (χ3n) is 2.96. The van der Waals surface area contributed by atoms with Crippen molar-refractivity contribution in [2.75, 3.05) is 7.11 Å². The van der Waals surface area contributed by atoms with Crippen LogP contribution in [0.1, 0.15) is 11.3 Å². The van der Waals surface area contributed by atoms with Gasteiger partial charge < -0.3 is 9.84 Å². The van der Waals surface area contributed by atoms with Crippen LogP contribution in [-0.2, 0) is 17.4 Å². The number of carbonyl (C=O) groups is 1. The molecule has 0 fully saturated rings. The minimum Gasteiger partial charge on any atom is -0.494 e. The standard InChI is InChI=1S/C15H12F3NO3/c1-22-12-7-6-9(8-13(20)21)19-14(12)10-4-2-3-5-11(10)15(16,17)18/h2-7H,8H2,1H3,(H,20,21). The highest BCUT2D eigenvalue weighted by Crippen LogP contribution is 2.39. The van der Waals surface area contributed by atoms with Crippen molar-refractivity contribution in [3.63, 3.8) is 0 Å². The molecule has 4 nitrogen and oxygen atoms in total. The van der Waals surface area contributed by atoms with Crippen LogP contribution in [0.4, 0.5) is 13.2 Å². The van der Waals surface area contributed by atoms with Crippen LogP contribution in [0, 0.1) is 0 Å². The molecular weight excluding hydrogens is 299 g/mol. The van der Waals surface area contributed by atoms with Gasteiger partial charge in [0.1, 0.15) is 11.4 Å². The maximum atomic E-state index is 13.1. The number of alkyl halides is 3. The summed E-state index contributed by atoms with van der Waals surface area (Å²) >= 11 is 0. The maximum absolute atomic E-state index is 13.1. The molecule has 0 atom stereocenters. The van der Waals surface area contributed by atoms with E-state index in [0.29, 0.717) is 0 Å². The Morgan fingerprint density at radius 2 is 1.91 bits per heavy atom. The second-order valence-electron chi connectivity index (χ2n) is 4.47. The molecule has 116 valence electrons. The minimum atomic E-state index is -4.55. The number of aliphatic carboxylic acids is 1. The van der Waals surface area contributed by atoms with E-state index < -0.39 is 17.7 Å². The Balaban J connectivity index is 2.63. The lowest BCUT2D eigenvalue weighted by Crippen LogP contribution is -2.09. The van der Waals surface area contributed by atoms with Crippen molar-refractivity contribution in [1.82, 2.24) is 4.98 Å². The van der Waals surface area contributed by atoms with E-state index in [1.54, 1.807) is 0 Å². The van der Waals surface area contributed by atoms with Crippen LogP contribution in [0.15, 0.2) is 36.4 Å². The van der Waals surface area contributed by atoms with Crippen molar-refractivity contribution in [2.45, 2.75) is 12.6 Å². The van der Waals surface area contributed by atoms with Crippen LogP contribution in [0.5, 0.6) is 5.75 Å². The fourth-order valence-electron chi connectivity index (χ4n) is 2.03. The molecule has 0 spiro atoms. The Bertz CT molecular complexity index is 699. The van der Waals surface area contributed by atoms with E-state index >= 15 is 0 Å². The molecule has 0 unspecified atom stereocenters. The predicted molar refractivity (Wildman–Crippen MR) is 72.6 cm³/mol. The van der Waals surface area contributed by atoms with Crippen molar-refractivity contribution in [3.8, 4) is 17.0 Å². The van der Waals surface area contributed by atoms with Gasteiger partial charge in [-0.3, -0.25) is 4.79 Å². The lowest BCUT2D eigenvalue weighted by molar-refractivity contribution is -0.137. The molecule has 1 N–H and O–H groups in total. The van der Waals surface area contributed by atoms with Crippen molar-refractivity contribution >= 4 is 5.97 Å². The topological polar surface area (TPSA) is 59.4 Å². The molecule has 1 heterocycles. The quantitative estimate of drug-likeness (QED) is 0.940. The third-order valence-corrected chi connectivity index (χ3v) is 2.96. The van der Waals surface area contributed by atoms with Crippen molar-refractivity contribution in [1.29, 1.82) is 0 Å². The molecule has 0 saturated heterocycles. The van der Waals surface area contributed by atoms with Crippen molar-refractivity contribution < 1.29 is 27.8 Å². The molecule has 1 aromatic carbocycles. The molecule has 0 aliphatic carbocycles. The van der Waals surface area contributed by atoms with Crippen LogP contribution < -0.4 is 4.74 Å². The first-order valence-electron chi connectivity index (χ1n) is 6.25. The Morgan fingerprint density at radius 1 is 1.23 bits per heavy atom. The Labute approximate surface area is 124 Å². The average Bonchev–Trinajstić information content (AvgIpc) is 2.45. The number of ether oxygens (including phenoxy) is 1. The van der Waals surface area contributed by atoms with E-state index in [2.05, 4.69) is 4.98 Å². The summed E-state index contributed by atoms with van der Waals surface area (Å²) in [6.07, 6.45) is -4.93. The molecule has 22 heavy (non-hydrogen) atoms. The van der Waals surface area contributed by atoms with Crippen LogP contribution >= 0.6 is 0 Å². The summed E-state index contributed by atoms with van der Waals surface area (Å²) in [6.45, 7) is 0. The fourth-order valence-corrected chi connectivity index (χ4v) is 2.03. The molecule has 7 heteroatoms. The van der Waals surface area contributed by atoms with Gasteiger partial charge in [-0.1, -0.05) is 18.2 Å². The number of nitrogens with zero attached hydrogens (tertiary/aromatic N) is 1. The molecule has 2 aromatic rings. The zero-order valence-electron chi connectivity index (χ0n) is 11.5. The zero-order chi connectivity index (χ0) is 16.3. The molecule has 0 aliphatic heterocycles. The van der Waals surface area contributed by atoms with Gasteiger partial charge in [-0.15, -0.1) is 0 Å². The number of carboxylic acids is 1. The molecule has 0 amide bonds. The highest BCUT2D eigenvalue weighted by Gasteiger charge is 2.34. The first kappa shape index (κ1) is 15.8. The summed E-state index contributed by atoms with van der Waals surface area (Å²) in [5.41, 5.74) is -0.887. The van der Waals surface area contributed by atoms with E-state index in [4.69, 9.17) is 9.84 Å². The van der Waals surface area contributed by atoms with Gasteiger partial charge in [0.05, 0.1) is 24.8 Å². The molecule has 1 aromatic heterocycles. The summed E-state index contributed by atoms with van der Waals surface area (Å²) in [4.78, 5) is 14.8.